The number of likely N-dealkylation sites (tertiary alicyclic amines) is 1. The number of nitrogens with zero attached hydrogens (tertiary/aromatic N) is 2. The topological polar surface area (TPSA) is 80.5 Å². The van der Waals surface area contributed by atoms with Gasteiger partial charge in [0, 0.05) is 51.7 Å². The summed E-state index contributed by atoms with van der Waals surface area (Å²) < 4.78 is 29.0. The van der Waals surface area contributed by atoms with Crippen molar-refractivity contribution in [3.05, 3.63) is 36.1 Å². The lowest BCUT2D eigenvalue weighted by Crippen LogP contribution is -2.62. The lowest BCUT2D eigenvalue weighted by atomic mass is 9.80. The molecule has 0 amide bonds. The minimum atomic E-state index is -3.53. The molecule has 7 nitrogen and oxygen atoms in total. The molecule has 1 saturated heterocycles. The summed E-state index contributed by atoms with van der Waals surface area (Å²) in [5.41, 5.74) is 2.62. The molecule has 0 spiro atoms. The highest BCUT2D eigenvalue weighted by Gasteiger charge is 2.45. The molecule has 0 aromatic carbocycles. The van der Waals surface area contributed by atoms with Crippen LogP contribution in [0.4, 0.5) is 5.82 Å². The summed E-state index contributed by atoms with van der Waals surface area (Å²) in [4.78, 5) is 5.51. The van der Waals surface area contributed by atoms with Gasteiger partial charge >= 0.3 is 0 Å². The van der Waals surface area contributed by atoms with E-state index in [1.54, 1.807) is 7.05 Å². The van der Waals surface area contributed by atoms with E-state index in [0.717, 1.165) is 42.0 Å². The monoisotopic (exact) mass is 409 g/mol. The molecule has 1 aromatic rings. The molecule has 1 aliphatic heterocycles. The van der Waals surface area contributed by atoms with Gasteiger partial charge in [0.1, 0.15) is 5.82 Å². The highest BCUT2D eigenvalue weighted by Crippen LogP contribution is 2.38. The summed E-state index contributed by atoms with van der Waals surface area (Å²) in [6.07, 6.45) is 5.79. The van der Waals surface area contributed by atoms with E-state index in [-0.39, 0.29) is 5.92 Å². The van der Waals surface area contributed by atoms with Gasteiger partial charge in [-0.2, -0.15) is 12.7 Å². The van der Waals surface area contributed by atoms with Gasteiger partial charge in [0.15, 0.2) is 0 Å². The maximum Gasteiger partial charge on any atom is 0.279 e. The Labute approximate surface area is 170 Å². The third-order valence-electron chi connectivity index (χ3n) is 6.15. The van der Waals surface area contributed by atoms with Gasteiger partial charge in [-0.25, -0.2) is 4.72 Å². The highest BCUT2D eigenvalue weighted by atomic mass is 32.2. The van der Waals surface area contributed by atoms with Crippen LogP contribution in [0.3, 0.4) is 0 Å². The van der Waals surface area contributed by atoms with Crippen LogP contribution in [0, 0.1) is 5.92 Å². The summed E-state index contributed by atoms with van der Waals surface area (Å²) in [6, 6.07) is 2.05. The van der Waals surface area contributed by atoms with Gasteiger partial charge in [-0.05, 0) is 37.8 Å². The Balaban J connectivity index is 2.48. The average Bonchev–Trinajstić information content (AvgIpc) is 3.15. The van der Waals surface area contributed by atoms with Gasteiger partial charge < -0.3 is 15.2 Å². The molecule has 0 saturated carbocycles. The predicted molar refractivity (Wildman–Crippen MR) is 117 cm³/mol. The number of hydrogen-bond donors (Lipinski definition) is 3. The van der Waals surface area contributed by atoms with Crippen LogP contribution in [0.1, 0.15) is 39.2 Å². The molecule has 1 fully saturated rings. The molecule has 0 radical (unpaired) electrons. The number of allylic oxidation sites excluding steroid dienone is 2. The molecule has 1 aromatic heterocycles. The van der Waals surface area contributed by atoms with Crippen LogP contribution >= 0.6 is 0 Å². The van der Waals surface area contributed by atoms with E-state index in [9.17, 15) is 8.42 Å². The fraction of sp³-hybridized carbons (Fsp3) is 0.600. The molecular weight excluding hydrogens is 374 g/mol. The first kappa shape index (κ1) is 22.5. The van der Waals surface area contributed by atoms with E-state index in [1.807, 2.05) is 26.2 Å². The van der Waals surface area contributed by atoms with Crippen LogP contribution in [0.15, 0.2) is 30.5 Å². The molecule has 2 heterocycles. The third-order valence-corrected chi connectivity index (χ3v) is 7.81. The second-order valence-corrected chi connectivity index (χ2v) is 9.61. The van der Waals surface area contributed by atoms with Crippen LogP contribution in [-0.4, -0.2) is 62.4 Å². The Morgan fingerprint density at radius 2 is 2.18 bits per heavy atom. The molecular formula is C20H35N5O2S. The summed E-state index contributed by atoms with van der Waals surface area (Å²) in [5.74, 6) is 1.16. The maximum absolute atomic E-state index is 12.5. The van der Waals surface area contributed by atoms with Crippen LogP contribution < -0.4 is 10.0 Å². The number of likely N-dealkylation sites (N-methyl/N-ethyl adjacent to an activating group) is 1. The first-order chi connectivity index (χ1) is 13.1. The Hall–Kier alpha value is -1.77. The third kappa shape index (κ3) is 4.29. The quantitative estimate of drug-likeness (QED) is 0.577. The maximum atomic E-state index is 12.5. The van der Waals surface area contributed by atoms with Crippen molar-refractivity contribution in [1.29, 1.82) is 0 Å². The lowest BCUT2D eigenvalue weighted by Gasteiger charge is -2.50. The van der Waals surface area contributed by atoms with Crippen molar-refractivity contribution in [2.24, 2.45) is 5.92 Å². The first-order valence-electron chi connectivity index (χ1n) is 9.78. The Morgan fingerprint density at radius 3 is 2.75 bits per heavy atom. The molecule has 158 valence electrons. The zero-order valence-corrected chi connectivity index (χ0v) is 18.8. The Kier molecular flexibility index (Phi) is 7.01. The number of nitrogens with one attached hydrogen (secondary N) is 3. The van der Waals surface area contributed by atoms with Gasteiger partial charge in [0.2, 0.25) is 0 Å². The number of anilines is 1. The summed E-state index contributed by atoms with van der Waals surface area (Å²) in [7, 11) is 1.47. The van der Waals surface area contributed by atoms with Crippen molar-refractivity contribution >= 4 is 21.7 Å². The molecule has 2 unspecified atom stereocenters. The van der Waals surface area contributed by atoms with Gasteiger partial charge in [0.05, 0.1) is 5.54 Å². The SMILES string of the molecule is C=C(/C=C(\c1cc[nH]c1NC)N1CCC(C)C(C)(N(C)S(=O)(=O)NC)C1)CC. The molecule has 3 N–H and O–H groups in total. The van der Waals surface area contributed by atoms with Gasteiger partial charge in [-0.15, -0.1) is 0 Å². The van der Waals surface area contributed by atoms with Gasteiger partial charge in [-0.3, -0.25) is 0 Å². The predicted octanol–water partition coefficient (Wildman–Crippen LogP) is 2.86. The van der Waals surface area contributed by atoms with E-state index in [1.165, 1.54) is 11.4 Å². The van der Waals surface area contributed by atoms with Crippen LogP contribution in [0.5, 0.6) is 0 Å². The van der Waals surface area contributed by atoms with Gasteiger partial charge in [0.25, 0.3) is 10.2 Å². The second kappa shape index (κ2) is 8.71. The van der Waals surface area contributed by atoms with E-state index in [4.69, 9.17) is 0 Å². The van der Waals surface area contributed by atoms with Crippen molar-refractivity contribution in [3.63, 3.8) is 0 Å². The number of hydrogen-bond acceptors (Lipinski definition) is 4. The Morgan fingerprint density at radius 1 is 1.50 bits per heavy atom. The molecule has 2 rings (SSSR count). The normalized spacial score (nSPS) is 23.9. The molecule has 2 atom stereocenters. The number of aromatic nitrogens is 1. The van der Waals surface area contributed by atoms with Crippen LogP contribution in [0.25, 0.3) is 5.70 Å². The fourth-order valence-corrected chi connectivity index (χ4v) is 4.79. The van der Waals surface area contributed by atoms with Crippen molar-refractivity contribution in [2.75, 3.05) is 39.5 Å². The number of rotatable bonds is 8. The summed E-state index contributed by atoms with van der Waals surface area (Å²) in [6.45, 7) is 11.9. The highest BCUT2D eigenvalue weighted by molar-refractivity contribution is 7.87. The van der Waals surface area contributed by atoms with Crippen LogP contribution in [0.2, 0.25) is 0 Å². The molecule has 1 aliphatic rings. The number of piperidine rings is 1. The first-order valence-corrected chi connectivity index (χ1v) is 11.2. The lowest BCUT2D eigenvalue weighted by molar-refractivity contribution is 0.0710. The van der Waals surface area contributed by atoms with E-state index in [2.05, 4.69) is 46.4 Å². The average molecular weight is 410 g/mol. The zero-order valence-electron chi connectivity index (χ0n) is 18.0. The van der Waals surface area contributed by atoms with Crippen molar-refractivity contribution < 1.29 is 8.42 Å². The second-order valence-electron chi connectivity index (χ2n) is 7.70. The van der Waals surface area contributed by atoms with E-state index >= 15 is 0 Å². The molecule has 0 aliphatic carbocycles. The van der Waals surface area contributed by atoms with E-state index < -0.39 is 15.7 Å². The largest absolute Gasteiger partial charge is 0.374 e. The van der Waals surface area contributed by atoms with Crippen molar-refractivity contribution in [1.82, 2.24) is 18.9 Å². The summed E-state index contributed by atoms with van der Waals surface area (Å²) >= 11 is 0. The van der Waals surface area contributed by atoms with Crippen LogP contribution in [-0.2, 0) is 10.2 Å². The Bertz CT molecular complexity index is 829. The van der Waals surface area contributed by atoms with E-state index in [0.29, 0.717) is 6.54 Å². The standard InChI is InChI=1S/C20H35N5O2S/c1-8-15(2)13-18(17-9-11-23-19(17)21-5)25-12-10-16(3)20(4,14-25)24(7)28(26,27)22-6/h9,11,13,16,21-23H,2,8,10,12,14H2,1,3-7H3/b18-13+. The molecule has 28 heavy (non-hydrogen) atoms. The minimum Gasteiger partial charge on any atom is -0.374 e. The number of H-pyrrole nitrogens is 1. The minimum absolute atomic E-state index is 0.225. The van der Waals surface area contributed by atoms with Crippen molar-refractivity contribution in [3.8, 4) is 0 Å². The molecule has 0 bridgehead atoms. The smallest absolute Gasteiger partial charge is 0.279 e. The fourth-order valence-electron chi connectivity index (χ4n) is 3.73. The van der Waals surface area contributed by atoms with Crippen molar-refractivity contribution in [2.45, 2.75) is 39.2 Å². The zero-order chi connectivity index (χ0) is 21.1. The number of aromatic amines is 1. The molecule has 8 heteroatoms. The summed E-state index contributed by atoms with van der Waals surface area (Å²) in [5, 5.41) is 3.20. The van der Waals surface area contributed by atoms with Gasteiger partial charge in [-0.1, -0.05) is 26.0 Å².